The second kappa shape index (κ2) is 5.82. The van der Waals surface area contributed by atoms with Crippen molar-refractivity contribution in [3.05, 3.63) is 11.9 Å². The summed E-state index contributed by atoms with van der Waals surface area (Å²) in [5.74, 6) is 2.89. The van der Waals surface area contributed by atoms with E-state index >= 15 is 0 Å². The van der Waals surface area contributed by atoms with E-state index in [1.54, 1.807) is 0 Å². The number of hydrogen-bond acceptors (Lipinski definition) is 4. The molecule has 0 atom stereocenters. The first-order chi connectivity index (χ1) is 9.77. The van der Waals surface area contributed by atoms with E-state index in [2.05, 4.69) is 55.9 Å². The zero-order valence-electron chi connectivity index (χ0n) is 14.5. The minimum absolute atomic E-state index is 0.0324. The molecule has 0 aromatic carbocycles. The zero-order valence-corrected chi connectivity index (χ0v) is 14.5. The molecule has 0 spiro atoms. The molecule has 118 valence electrons. The van der Waals surface area contributed by atoms with Gasteiger partial charge < -0.3 is 10.2 Å². The maximum atomic E-state index is 4.82. The number of nitrogens with zero attached hydrogens (tertiary/aromatic N) is 3. The van der Waals surface area contributed by atoms with E-state index in [0.29, 0.717) is 5.41 Å². The minimum atomic E-state index is -0.0324. The first-order valence-electron chi connectivity index (χ1n) is 8.10. The first-order valence-corrected chi connectivity index (χ1v) is 8.10. The molecule has 1 aromatic heterocycles. The van der Waals surface area contributed by atoms with Gasteiger partial charge in [-0.15, -0.1) is 0 Å². The van der Waals surface area contributed by atoms with Crippen LogP contribution in [0.1, 0.15) is 59.7 Å². The monoisotopic (exact) mass is 290 g/mol. The van der Waals surface area contributed by atoms with E-state index < -0.39 is 0 Å². The standard InChI is InChI=1S/C17H30N4/c1-7-17(5)8-10-21(11-9-17)14-12-13(18-6)19-15(20-14)16(2,3)4/h12H,7-11H2,1-6H3,(H,18,19,20). The molecule has 2 heterocycles. The SMILES string of the molecule is CCC1(C)CCN(c2cc(NC)nc(C(C)(C)C)n2)CC1. The summed E-state index contributed by atoms with van der Waals surface area (Å²) in [5, 5.41) is 3.17. The molecule has 1 fully saturated rings. The minimum Gasteiger partial charge on any atom is -0.373 e. The van der Waals surface area contributed by atoms with Crippen molar-refractivity contribution in [2.45, 2.75) is 59.3 Å². The van der Waals surface area contributed by atoms with E-state index in [1.807, 2.05) is 7.05 Å². The molecule has 0 bridgehead atoms. The van der Waals surface area contributed by atoms with E-state index in [0.717, 1.165) is 30.5 Å². The highest BCUT2D eigenvalue weighted by atomic mass is 15.2. The van der Waals surface area contributed by atoms with Gasteiger partial charge in [-0.25, -0.2) is 9.97 Å². The molecule has 1 aliphatic heterocycles. The molecule has 0 unspecified atom stereocenters. The van der Waals surface area contributed by atoms with Crippen LogP contribution in [0.5, 0.6) is 0 Å². The molecule has 0 amide bonds. The summed E-state index contributed by atoms with van der Waals surface area (Å²) in [6.07, 6.45) is 3.75. The highest BCUT2D eigenvalue weighted by molar-refractivity contribution is 5.50. The Morgan fingerprint density at radius 1 is 1.24 bits per heavy atom. The second-order valence-corrected chi connectivity index (χ2v) is 7.59. The van der Waals surface area contributed by atoms with Crippen molar-refractivity contribution >= 4 is 11.6 Å². The van der Waals surface area contributed by atoms with Crippen LogP contribution in [0.2, 0.25) is 0 Å². The van der Waals surface area contributed by atoms with E-state index in [-0.39, 0.29) is 5.41 Å². The predicted molar refractivity (Wildman–Crippen MR) is 90.1 cm³/mol. The topological polar surface area (TPSA) is 41.0 Å². The molecule has 1 aliphatic rings. The summed E-state index contributed by atoms with van der Waals surface area (Å²) in [4.78, 5) is 11.9. The quantitative estimate of drug-likeness (QED) is 0.918. The van der Waals surface area contributed by atoms with Gasteiger partial charge in [0.1, 0.15) is 17.5 Å². The lowest BCUT2D eigenvalue weighted by Gasteiger charge is -2.39. The Kier molecular flexibility index (Phi) is 4.45. The van der Waals surface area contributed by atoms with Crippen LogP contribution < -0.4 is 10.2 Å². The predicted octanol–water partition coefficient (Wildman–Crippen LogP) is 3.83. The van der Waals surface area contributed by atoms with Crippen LogP contribution in [0.3, 0.4) is 0 Å². The van der Waals surface area contributed by atoms with Crippen molar-refractivity contribution in [3.8, 4) is 0 Å². The fourth-order valence-corrected chi connectivity index (χ4v) is 2.69. The van der Waals surface area contributed by atoms with E-state index in [1.165, 1.54) is 19.3 Å². The summed E-state index contributed by atoms with van der Waals surface area (Å²) in [7, 11) is 1.92. The van der Waals surface area contributed by atoms with Gasteiger partial charge in [0, 0.05) is 31.6 Å². The average molecular weight is 290 g/mol. The first kappa shape index (κ1) is 16.1. The third-order valence-electron chi connectivity index (χ3n) is 4.79. The molecule has 0 radical (unpaired) electrons. The van der Waals surface area contributed by atoms with Gasteiger partial charge in [0.15, 0.2) is 0 Å². The Labute approximate surface area is 129 Å². The van der Waals surface area contributed by atoms with Gasteiger partial charge in [-0.1, -0.05) is 41.0 Å². The maximum absolute atomic E-state index is 4.82. The lowest BCUT2D eigenvalue weighted by atomic mass is 9.78. The van der Waals surface area contributed by atoms with Crippen LogP contribution in [0.4, 0.5) is 11.6 Å². The third kappa shape index (κ3) is 3.66. The van der Waals surface area contributed by atoms with Crippen molar-refractivity contribution in [1.82, 2.24) is 9.97 Å². The molecule has 21 heavy (non-hydrogen) atoms. The Balaban J connectivity index is 2.24. The molecule has 4 heteroatoms. The van der Waals surface area contributed by atoms with Crippen LogP contribution in [0, 0.1) is 5.41 Å². The third-order valence-corrected chi connectivity index (χ3v) is 4.79. The smallest absolute Gasteiger partial charge is 0.138 e. The summed E-state index contributed by atoms with van der Waals surface area (Å²) in [5.41, 5.74) is 0.470. The van der Waals surface area contributed by atoms with Gasteiger partial charge in [0.05, 0.1) is 0 Å². The molecule has 0 aliphatic carbocycles. The summed E-state index contributed by atoms with van der Waals surface area (Å²) in [6.45, 7) is 13.4. The van der Waals surface area contributed by atoms with Crippen LogP contribution in [-0.4, -0.2) is 30.1 Å². The van der Waals surface area contributed by atoms with Crippen molar-refractivity contribution in [2.24, 2.45) is 5.41 Å². The molecule has 1 N–H and O–H groups in total. The number of aromatic nitrogens is 2. The fourth-order valence-electron chi connectivity index (χ4n) is 2.69. The normalized spacial score (nSPS) is 18.7. The van der Waals surface area contributed by atoms with E-state index in [4.69, 9.17) is 4.98 Å². The molecule has 4 nitrogen and oxygen atoms in total. The second-order valence-electron chi connectivity index (χ2n) is 7.59. The van der Waals surface area contributed by atoms with Crippen molar-refractivity contribution in [1.29, 1.82) is 0 Å². The molecule has 0 saturated carbocycles. The van der Waals surface area contributed by atoms with Gasteiger partial charge >= 0.3 is 0 Å². The lowest BCUT2D eigenvalue weighted by Crippen LogP contribution is -2.39. The van der Waals surface area contributed by atoms with E-state index in [9.17, 15) is 0 Å². The average Bonchev–Trinajstić information content (AvgIpc) is 2.46. The Morgan fingerprint density at radius 2 is 1.86 bits per heavy atom. The zero-order chi connectivity index (χ0) is 15.7. The number of rotatable bonds is 3. The van der Waals surface area contributed by atoms with Crippen LogP contribution in [0.15, 0.2) is 6.07 Å². The van der Waals surface area contributed by atoms with Gasteiger partial charge in [0.25, 0.3) is 0 Å². The highest BCUT2D eigenvalue weighted by Gasteiger charge is 2.29. The Bertz CT molecular complexity index is 482. The van der Waals surface area contributed by atoms with Gasteiger partial charge in [-0.2, -0.15) is 0 Å². The number of nitrogens with one attached hydrogen (secondary N) is 1. The molecular weight excluding hydrogens is 260 g/mol. The van der Waals surface area contributed by atoms with Crippen molar-refractivity contribution < 1.29 is 0 Å². The van der Waals surface area contributed by atoms with Gasteiger partial charge in [-0.05, 0) is 18.3 Å². The summed E-state index contributed by atoms with van der Waals surface area (Å²) >= 11 is 0. The van der Waals surface area contributed by atoms with Crippen molar-refractivity contribution in [2.75, 3.05) is 30.4 Å². The molecule has 2 rings (SSSR count). The number of anilines is 2. The van der Waals surface area contributed by atoms with Gasteiger partial charge in [0.2, 0.25) is 0 Å². The largest absolute Gasteiger partial charge is 0.373 e. The van der Waals surface area contributed by atoms with Crippen molar-refractivity contribution in [3.63, 3.8) is 0 Å². The number of piperidine rings is 1. The van der Waals surface area contributed by atoms with Crippen LogP contribution in [0.25, 0.3) is 0 Å². The highest BCUT2D eigenvalue weighted by Crippen LogP contribution is 2.35. The maximum Gasteiger partial charge on any atom is 0.138 e. The van der Waals surface area contributed by atoms with Gasteiger partial charge in [-0.3, -0.25) is 0 Å². The fraction of sp³-hybridized carbons (Fsp3) is 0.765. The summed E-state index contributed by atoms with van der Waals surface area (Å²) in [6, 6.07) is 2.07. The molecule has 1 aromatic rings. The number of hydrogen-bond donors (Lipinski definition) is 1. The van der Waals surface area contributed by atoms with Crippen LogP contribution in [-0.2, 0) is 5.41 Å². The summed E-state index contributed by atoms with van der Waals surface area (Å²) < 4.78 is 0. The molecule has 1 saturated heterocycles. The lowest BCUT2D eigenvalue weighted by molar-refractivity contribution is 0.237. The van der Waals surface area contributed by atoms with Crippen LogP contribution >= 0.6 is 0 Å². The Hall–Kier alpha value is -1.32. The Morgan fingerprint density at radius 3 is 2.33 bits per heavy atom. The molecular formula is C17H30N4.